The molecule has 0 atom stereocenters. The van der Waals surface area contributed by atoms with Gasteiger partial charge in [-0.1, -0.05) is 18.2 Å². The van der Waals surface area contributed by atoms with Gasteiger partial charge in [0.2, 0.25) is 0 Å². The third-order valence-electron chi connectivity index (χ3n) is 3.23. The predicted octanol–water partition coefficient (Wildman–Crippen LogP) is -1.62. The van der Waals surface area contributed by atoms with Gasteiger partial charge in [0.25, 0.3) is 0 Å². The summed E-state index contributed by atoms with van der Waals surface area (Å²) < 4.78 is 36.0. The predicted molar refractivity (Wildman–Crippen MR) is 81.9 cm³/mol. The minimum absolute atomic E-state index is 1.22. The molecule has 0 spiro atoms. The highest BCUT2D eigenvalue weighted by Gasteiger charge is 1.99. The lowest BCUT2D eigenvalue weighted by Gasteiger charge is -2.17. The smallest absolute Gasteiger partial charge is 0.169 e. The molecule has 1 aromatic carbocycles. The van der Waals surface area contributed by atoms with Crippen molar-refractivity contribution >= 4 is 17.3 Å². The molecular weight excluding hydrogens is 332 g/mol. The molecule has 0 aliphatic rings. The minimum atomic E-state index is -4.94. The number of benzene rings is 1. The maximum absolute atomic E-state index is 8.49. The molecule has 1 aromatic heterocycles. The van der Waals surface area contributed by atoms with Gasteiger partial charge < -0.3 is 4.90 Å². The van der Waals surface area contributed by atoms with Crippen molar-refractivity contribution in [3.8, 4) is 0 Å². The summed E-state index contributed by atoms with van der Waals surface area (Å²) >= 11 is 0. The second-order valence-corrected chi connectivity index (χ2v) is 6.20. The zero-order chi connectivity index (χ0) is 18.3. The van der Waals surface area contributed by atoms with Crippen molar-refractivity contribution in [2.75, 3.05) is 19.0 Å². The lowest BCUT2D eigenvalue weighted by Crippen LogP contribution is -2.68. The summed E-state index contributed by atoms with van der Waals surface area (Å²) in [7, 11) is 1.20. The Kier molecular flexibility index (Phi) is 7.34. The van der Waals surface area contributed by atoms with Gasteiger partial charge >= 0.3 is 0 Å². The molecule has 0 saturated carbocycles. The third-order valence-corrected chi connectivity index (χ3v) is 3.23. The summed E-state index contributed by atoms with van der Waals surface area (Å²) in [5, 5.41) is 0. The van der Waals surface area contributed by atoms with E-state index in [2.05, 4.69) is 80.8 Å². The molecule has 2 rings (SSSR count). The number of nitrogens with zero attached hydrogens (tertiary/aromatic N) is 2. The van der Waals surface area contributed by atoms with Crippen LogP contribution in [0.5, 0.6) is 0 Å². The fourth-order valence-corrected chi connectivity index (χ4v) is 1.97. The van der Waals surface area contributed by atoms with Crippen molar-refractivity contribution in [2.24, 2.45) is 7.05 Å². The van der Waals surface area contributed by atoms with E-state index >= 15 is 0 Å². The van der Waals surface area contributed by atoms with Crippen molar-refractivity contribution in [2.45, 2.75) is 6.92 Å². The number of allylic oxidation sites excluding steroid dienone is 1. The largest absolute Gasteiger partial charge is 0.378 e. The van der Waals surface area contributed by atoms with Crippen LogP contribution in [0.3, 0.4) is 0 Å². The topological polar surface area (TPSA) is 99.4 Å². The fourth-order valence-electron chi connectivity index (χ4n) is 1.97. The van der Waals surface area contributed by atoms with E-state index in [9.17, 15) is 0 Å². The van der Waals surface area contributed by atoms with E-state index < -0.39 is 10.2 Å². The molecule has 0 fully saturated rings. The molecule has 130 valence electrons. The Bertz CT molecular complexity index is 656. The number of aromatic nitrogens is 1. The zero-order valence-corrected chi connectivity index (χ0v) is 14.9. The number of halogens is 1. The van der Waals surface area contributed by atoms with Crippen LogP contribution in [0.15, 0.2) is 48.8 Å². The Labute approximate surface area is 144 Å². The highest BCUT2D eigenvalue weighted by molar-refractivity contribution is 5.80. The van der Waals surface area contributed by atoms with Crippen molar-refractivity contribution in [1.29, 1.82) is 0 Å². The summed E-state index contributed by atoms with van der Waals surface area (Å²) in [5.74, 6) is 0. The van der Waals surface area contributed by atoms with Crippen molar-refractivity contribution in [1.82, 2.24) is 0 Å². The Morgan fingerprint density at radius 3 is 1.83 bits per heavy atom. The van der Waals surface area contributed by atoms with Gasteiger partial charge in [-0.25, -0.2) is 23.2 Å². The zero-order valence-electron chi connectivity index (χ0n) is 14.1. The van der Waals surface area contributed by atoms with Gasteiger partial charge in [-0.05, 0) is 35.8 Å². The summed E-state index contributed by atoms with van der Waals surface area (Å²) in [6.07, 6.45) is 6.36. The van der Waals surface area contributed by atoms with Gasteiger partial charge in [-0.15, -0.1) is 10.2 Å². The number of anilines is 1. The summed E-state index contributed by atoms with van der Waals surface area (Å²) in [4.78, 5) is 2.11. The molecule has 0 N–H and O–H groups in total. The van der Waals surface area contributed by atoms with Crippen LogP contribution in [-0.4, -0.2) is 14.1 Å². The number of aryl methyl sites for hydroxylation is 1. The van der Waals surface area contributed by atoms with E-state index in [0.29, 0.717) is 0 Å². The van der Waals surface area contributed by atoms with E-state index in [4.69, 9.17) is 18.6 Å². The summed E-state index contributed by atoms with van der Waals surface area (Å²) in [5.41, 5.74) is 4.99. The van der Waals surface area contributed by atoms with Crippen LogP contribution in [0.1, 0.15) is 18.1 Å². The molecule has 0 unspecified atom stereocenters. The van der Waals surface area contributed by atoms with Crippen molar-refractivity contribution in [3.63, 3.8) is 0 Å². The maximum Gasteiger partial charge on any atom is 0.169 e. The molecular formula is C17H21ClN2O4. The van der Waals surface area contributed by atoms with Crippen LogP contribution in [0.4, 0.5) is 5.69 Å². The Morgan fingerprint density at radius 2 is 1.42 bits per heavy atom. The fraction of sp³-hybridized carbons (Fsp3) is 0.235. The molecule has 0 radical (unpaired) electrons. The molecule has 0 aliphatic heterocycles. The maximum atomic E-state index is 8.49. The lowest BCUT2D eigenvalue weighted by molar-refractivity contribution is -2.00. The van der Waals surface area contributed by atoms with Crippen LogP contribution < -0.4 is 28.1 Å². The van der Waals surface area contributed by atoms with Crippen molar-refractivity contribution < 1.29 is 33.4 Å². The average molecular weight is 353 g/mol. The van der Waals surface area contributed by atoms with Gasteiger partial charge in [0.15, 0.2) is 12.4 Å². The Balaban J connectivity index is 0.000000505. The van der Waals surface area contributed by atoms with Crippen LogP contribution >= 0.6 is 0 Å². The SMILES string of the molecule is C/C(=C\c1ccc(N(C)C)cc1)c1cc[n+](C)cc1.[O-][Cl+3]([O-])([O-])[O-]. The normalized spacial score (nSPS) is 11.6. The molecule has 6 nitrogen and oxygen atoms in total. The quantitative estimate of drug-likeness (QED) is 0.618. The first kappa shape index (κ1) is 20.1. The Morgan fingerprint density at radius 1 is 0.958 bits per heavy atom. The van der Waals surface area contributed by atoms with E-state index in [0.717, 1.165) is 0 Å². The number of rotatable bonds is 3. The average Bonchev–Trinajstić information content (AvgIpc) is 2.46. The second-order valence-electron chi connectivity index (χ2n) is 5.44. The van der Waals surface area contributed by atoms with Crippen LogP contribution in [0, 0.1) is 10.2 Å². The molecule has 1 heterocycles. The van der Waals surface area contributed by atoms with Crippen LogP contribution in [0.25, 0.3) is 11.6 Å². The first-order chi connectivity index (χ1) is 11.1. The first-order valence-electron chi connectivity index (χ1n) is 7.09. The first-order valence-corrected chi connectivity index (χ1v) is 8.33. The molecule has 7 heteroatoms. The van der Waals surface area contributed by atoms with Gasteiger partial charge in [0, 0.05) is 31.9 Å². The van der Waals surface area contributed by atoms with Crippen LogP contribution in [-0.2, 0) is 7.05 Å². The van der Waals surface area contributed by atoms with Crippen molar-refractivity contribution in [3.05, 3.63) is 59.9 Å². The summed E-state index contributed by atoms with van der Waals surface area (Å²) in [6.45, 7) is 2.15. The summed E-state index contributed by atoms with van der Waals surface area (Å²) in [6, 6.07) is 12.9. The Hall–Kier alpha value is -1.96. The molecule has 2 aromatic rings. The molecule has 0 bridgehead atoms. The molecule has 0 aliphatic carbocycles. The lowest BCUT2D eigenvalue weighted by atomic mass is 10.1. The van der Waals surface area contributed by atoms with E-state index in [1.54, 1.807) is 0 Å². The van der Waals surface area contributed by atoms with Crippen LogP contribution in [0.2, 0.25) is 0 Å². The van der Waals surface area contributed by atoms with Gasteiger partial charge in [-0.2, -0.15) is 0 Å². The van der Waals surface area contributed by atoms with Gasteiger partial charge in [0.1, 0.15) is 7.05 Å². The highest BCUT2D eigenvalue weighted by atomic mass is 35.7. The monoisotopic (exact) mass is 352 g/mol. The van der Waals surface area contributed by atoms with E-state index in [1.165, 1.54) is 22.4 Å². The molecule has 0 saturated heterocycles. The standard InChI is InChI=1S/C17H21N2.ClHO4/c1-14(16-9-11-19(4)12-10-16)13-15-5-7-17(8-6-15)18(2)3;2-1(3,4)5/h5-13H,1-4H3;(H,2,3,4,5)/q+1;/p-1. The van der Waals surface area contributed by atoms with Gasteiger partial charge in [-0.3, -0.25) is 0 Å². The van der Waals surface area contributed by atoms with E-state index in [1.807, 2.05) is 11.6 Å². The third kappa shape index (κ3) is 8.05. The van der Waals surface area contributed by atoms with Gasteiger partial charge in [0.05, 0.1) is 0 Å². The minimum Gasteiger partial charge on any atom is -0.378 e. The highest BCUT2D eigenvalue weighted by Crippen LogP contribution is 2.18. The number of hydrogen-bond acceptors (Lipinski definition) is 5. The van der Waals surface area contributed by atoms with E-state index in [-0.39, 0.29) is 0 Å². The second kappa shape index (κ2) is 8.77. The number of hydrogen-bond donors (Lipinski definition) is 0. The molecule has 24 heavy (non-hydrogen) atoms. The molecule has 0 amide bonds. The number of pyridine rings is 1.